The molecule has 0 spiro atoms. The Labute approximate surface area is 99.5 Å². The van der Waals surface area contributed by atoms with Crippen LogP contribution in [0.3, 0.4) is 0 Å². The second-order valence-electron chi connectivity index (χ2n) is 4.06. The van der Waals surface area contributed by atoms with Gasteiger partial charge in [0.2, 0.25) is 0 Å². The van der Waals surface area contributed by atoms with Crippen molar-refractivity contribution in [2.45, 2.75) is 6.92 Å². The van der Waals surface area contributed by atoms with Crippen LogP contribution in [0.1, 0.15) is 28.4 Å². The zero-order chi connectivity index (χ0) is 11.8. The van der Waals surface area contributed by atoms with Gasteiger partial charge in [0.1, 0.15) is 0 Å². The average molecular weight is 224 g/mol. The number of carbonyl (C=O) groups is 1. The minimum Gasteiger partial charge on any atom is -0.462 e. The second-order valence-corrected chi connectivity index (χ2v) is 4.06. The quantitative estimate of drug-likeness (QED) is 0.623. The Bertz CT molecular complexity index is 639. The Morgan fingerprint density at radius 3 is 2.82 bits per heavy atom. The lowest BCUT2D eigenvalue weighted by Gasteiger charge is -2.06. The molecule has 17 heavy (non-hydrogen) atoms. The summed E-state index contributed by atoms with van der Waals surface area (Å²) in [6.45, 7) is 2.22. The van der Waals surface area contributed by atoms with E-state index < -0.39 is 0 Å². The molecule has 0 radical (unpaired) electrons. The van der Waals surface area contributed by atoms with Gasteiger partial charge in [-0.2, -0.15) is 0 Å². The van der Waals surface area contributed by atoms with Crippen molar-refractivity contribution in [3.63, 3.8) is 0 Å². The van der Waals surface area contributed by atoms with E-state index in [2.05, 4.69) is 12.1 Å². The lowest BCUT2D eigenvalue weighted by Crippen LogP contribution is -2.04. The number of ether oxygens (including phenoxy) is 1. The average Bonchev–Trinajstić information content (AvgIpc) is 2.75. The van der Waals surface area contributed by atoms with Crippen molar-refractivity contribution in [2.24, 2.45) is 0 Å². The van der Waals surface area contributed by atoms with Crippen LogP contribution in [0.25, 0.3) is 22.9 Å². The summed E-state index contributed by atoms with van der Waals surface area (Å²) in [4.78, 5) is 11.7. The minimum atomic E-state index is -0.253. The van der Waals surface area contributed by atoms with Crippen LogP contribution in [0.4, 0.5) is 0 Å². The zero-order valence-corrected chi connectivity index (χ0v) is 9.57. The van der Waals surface area contributed by atoms with Crippen LogP contribution in [0.15, 0.2) is 30.3 Å². The molecule has 1 aliphatic rings. The highest BCUT2D eigenvalue weighted by Gasteiger charge is 2.14. The lowest BCUT2D eigenvalue weighted by atomic mass is 10.0. The highest BCUT2D eigenvalue weighted by molar-refractivity contribution is 6.07. The summed E-state index contributed by atoms with van der Waals surface area (Å²) in [6, 6.07) is 9.91. The van der Waals surface area contributed by atoms with Gasteiger partial charge >= 0.3 is 5.97 Å². The molecule has 0 fully saturated rings. The van der Waals surface area contributed by atoms with Crippen LogP contribution < -0.4 is 0 Å². The number of hydrogen-bond acceptors (Lipinski definition) is 2. The van der Waals surface area contributed by atoms with Crippen molar-refractivity contribution in [3.05, 3.63) is 47.0 Å². The molecule has 0 heterocycles. The fourth-order valence-electron chi connectivity index (χ4n) is 2.27. The fourth-order valence-corrected chi connectivity index (χ4v) is 2.27. The van der Waals surface area contributed by atoms with Gasteiger partial charge in [-0.1, -0.05) is 30.4 Å². The number of carbonyl (C=O) groups excluding carboxylic acids is 1. The molecule has 3 rings (SSSR count). The van der Waals surface area contributed by atoms with Crippen molar-refractivity contribution < 1.29 is 9.53 Å². The van der Waals surface area contributed by atoms with Gasteiger partial charge in [0.15, 0.2) is 0 Å². The molecule has 2 aromatic carbocycles. The first-order chi connectivity index (χ1) is 8.29. The Morgan fingerprint density at radius 2 is 2.00 bits per heavy atom. The van der Waals surface area contributed by atoms with Crippen molar-refractivity contribution in [1.29, 1.82) is 0 Å². The molecular formula is C15H12O2. The van der Waals surface area contributed by atoms with Crippen molar-refractivity contribution >= 4 is 28.9 Å². The van der Waals surface area contributed by atoms with E-state index in [4.69, 9.17) is 4.74 Å². The monoisotopic (exact) mass is 224 g/mol. The first kappa shape index (κ1) is 10.1. The summed E-state index contributed by atoms with van der Waals surface area (Å²) in [7, 11) is 0. The van der Waals surface area contributed by atoms with E-state index in [0.29, 0.717) is 12.2 Å². The summed E-state index contributed by atoms with van der Waals surface area (Å²) in [5, 5.41) is 2.31. The molecule has 2 nitrogen and oxygen atoms in total. The summed E-state index contributed by atoms with van der Waals surface area (Å²) in [5.74, 6) is -0.253. The summed E-state index contributed by atoms with van der Waals surface area (Å²) >= 11 is 0. The summed E-state index contributed by atoms with van der Waals surface area (Å²) in [5.41, 5.74) is 2.94. The van der Waals surface area contributed by atoms with Crippen molar-refractivity contribution in [1.82, 2.24) is 0 Å². The maximum absolute atomic E-state index is 11.7. The van der Waals surface area contributed by atoms with E-state index in [1.54, 1.807) is 0 Å². The number of benzene rings is 2. The third kappa shape index (κ3) is 1.53. The van der Waals surface area contributed by atoms with Gasteiger partial charge in [-0.25, -0.2) is 4.79 Å². The van der Waals surface area contributed by atoms with Gasteiger partial charge in [0.05, 0.1) is 12.2 Å². The lowest BCUT2D eigenvalue weighted by molar-refractivity contribution is 0.0526. The maximum atomic E-state index is 11.7. The highest BCUT2D eigenvalue weighted by atomic mass is 16.5. The molecule has 0 saturated heterocycles. The van der Waals surface area contributed by atoms with Gasteiger partial charge in [-0.05, 0) is 41.0 Å². The molecule has 0 unspecified atom stereocenters. The Hall–Kier alpha value is -2.09. The molecule has 0 atom stereocenters. The van der Waals surface area contributed by atoms with Gasteiger partial charge in [0, 0.05) is 0 Å². The number of esters is 1. The van der Waals surface area contributed by atoms with E-state index in [1.165, 1.54) is 10.9 Å². The number of hydrogen-bond donors (Lipinski definition) is 0. The molecule has 0 aliphatic heterocycles. The molecule has 2 heteroatoms. The van der Waals surface area contributed by atoms with E-state index >= 15 is 0 Å². The van der Waals surface area contributed by atoms with E-state index in [9.17, 15) is 4.79 Å². The van der Waals surface area contributed by atoms with Crippen LogP contribution in [-0.4, -0.2) is 12.6 Å². The Morgan fingerprint density at radius 1 is 1.18 bits per heavy atom. The molecule has 2 aromatic rings. The zero-order valence-electron chi connectivity index (χ0n) is 9.57. The van der Waals surface area contributed by atoms with Crippen LogP contribution in [-0.2, 0) is 4.74 Å². The first-order valence-electron chi connectivity index (χ1n) is 5.71. The van der Waals surface area contributed by atoms with Crippen LogP contribution in [0.5, 0.6) is 0 Å². The normalized spacial score (nSPS) is 12.1. The third-order valence-corrected chi connectivity index (χ3v) is 2.99. The van der Waals surface area contributed by atoms with Crippen LogP contribution in [0.2, 0.25) is 0 Å². The van der Waals surface area contributed by atoms with Crippen LogP contribution >= 0.6 is 0 Å². The fraction of sp³-hybridized carbons (Fsp3) is 0.133. The predicted octanol–water partition coefficient (Wildman–Crippen LogP) is 3.50. The number of rotatable bonds is 2. The van der Waals surface area contributed by atoms with Gasteiger partial charge < -0.3 is 4.74 Å². The molecule has 0 bridgehead atoms. The molecular weight excluding hydrogens is 212 g/mol. The van der Waals surface area contributed by atoms with Crippen LogP contribution in [0, 0.1) is 0 Å². The molecule has 0 aromatic heterocycles. The highest BCUT2D eigenvalue weighted by Crippen LogP contribution is 2.32. The van der Waals surface area contributed by atoms with E-state index in [-0.39, 0.29) is 5.97 Å². The topological polar surface area (TPSA) is 26.3 Å². The molecule has 0 saturated carbocycles. The van der Waals surface area contributed by atoms with Gasteiger partial charge in [0.25, 0.3) is 0 Å². The standard InChI is InChI=1S/C15H12O2/c1-2-17-15(16)13-8-11-5-3-4-10-6-7-12(9-13)14(10)11/h3-9H,2H2,1H3. The summed E-state index contributed by atoms with van der Waals surface area (Å²) in [6.07, 6.45) is 4.12. The SMILES string of the molecule is CCOC(=O)c1cc2c3c(cccc3c1)C=C2. The van der Waals surface area contributed by atoms with Gasteiger partial charge in [-0.3, -0.25) is 0 Å². The maximum Gasteiger partial charge on any atom is 0.338 e. The second kappa shape index (κ2) is 3.74. The minimum absolute atomic E-state index is 0.253. The first-order valence-corrected chi connectivity index (χ1v) is 5.71. The Balaban J connectivity index is 2.20. The molecule has 84 valence electrons. The van der Waals surface area contributed by atoms with Gasteiger partial charge in [-0.15, -0.1) is 0 Å². The molecule has 0 N–H and O–H groups in total. The van der Waals surface area contributed by atoms with E-state index in [1.807, 2.05) is 37.3 Å². The third-order valence-electron chi connectivity index (χ3n) is 2.99. The smallest absolute Gasteiger partial charge is 0.338 e. The Kier molecular flexibility index (Phi) is 2.22. The molecule has 1 aliphatic carbocycles. The largest absolute Gasteiger partial charge is 0.462 e. The van der Waals surface area contributed by atoms with Crippen molar-refractivity contribution in [3.8, 4) is 0 Å². The summed E-state index contributed by atoms with van der Waals surface area (Å²) < 4.78 is 5.03. The van der Waals surface area contributed by atoms with Crippen molar-refractivity contribution in [2.75, 3.05) is 6.61 Å². The molecule has 0 amide bonds. The van der Waals surface area contributed by atoms with E-state index in [0.717, 1.165) is 10.9 Å². The predicted molar refractivity (Wildman–Crippen MR) is 68.8 cm³/mol.